The number of aryl methyl sites for hydroxylation is 3. The van der Waals surface area contributed by atoms with Gasteiger partial charge in [-0.3, -0.25) is 4.18 Å². The molecule has 0 radical (unpaired) electrons. The minimum absolute atomic E-state index is 0.218. The van der Waals surface area contributed by atoms with Crippen molar-refractivity contribution in [3.63, 3.8) is 0 Å². The second-order valence-electron chi connectivity index (χ2n) is 6.04. The third-order valence-corrected chi connectivity index (χ3v) is 5.12. The van der Waals surface area contributed by atoms with Gasteiger partial charge in [-0.25, -0.2) is 0 Å². The standard InChI is InChI=1S/C18H25NO4S/c1-15-9-11-18(12-10-15)24(20,21)22-13-7-5-3-4-6-8-17-14-16(2)19-23-17/h9-12,14H,3-8,13H2,1-2H3. The molecule has 2 aromatic rings. The maximum Gasteiger partial charge on any atom is 0.296 e. The molecule has 24 heavy (non-hydrogen) atoms. The molecule has 6 heteroatoms. The number of unbranched alkanes of at least 4 members (excludes halogenated alkanes) is 4. The van der Waals surface area contributed by atoms with Crippen molar-refractivity contribution in [3.8, 4) is 0 Å². The lowest BCUT2D eigenvalue weighted by molar-refractivity contribution is 0.306. The average molecular weight is 351 g/mol. The highest BCUT2D eigenvalue weighted by atomic mass is 32.2. The molecular formula is C18H25NO4S. The monoisotopic (exact) mass is 351 g/mol. The molecule has 0 aliphatic carbocycles. The van der Waals surface area contributed by atoms with Crippen LogP contribution in [0.25, 0.3) is 0 Å². The molecule has 0 saturated carbocycles. The largest absolute Gasteiger partial charge is 0.361 e. The summed E-state index contributed by atoms with van der Waals surface area (Å²) in [6, 6.07) is 8.66. The number of hydrogen-bond acceptors (Lipinski definition) is 5. The van der Waals surface area contributed by atoms with Crippen molar-refractivity contribution in [1.29, 1.82) is 0 Å². The first-order chi connectivity index (χ1) is 11.5. The zero-order valence-corrected chi connectivity index (χ0v) is 15.1. The van der Waals surface area contributed by atoms with E-state index in [-0.39, 0.29) is 11.5 Å². The molecule has 0 spiro atoms. The molecule has 1 aromatic heterocycles. The summed E-state index contributed by atoms with van der Waals surface area (Å²) in [5.74, 6) is 0.931. The molecule has 0 saturated heterocycles. The smallest absolute Gasteiger partial charge is 0.296 e. The van der Waals surface area contributed by atoms with E-state index in [1.165, 1.54) is 0 Å². The van der Waals surface area contributed by atoms with Crippen LogP contribution in [0.4, 0.5) is 0 Å². The van der Waals surface area contributed by atoms with Gasteiger partial charge in [0.1, 0.15) is 5.76 Å². The number of hydrogen-bond donors (Lipinski definition) is 0. The molecule has 5 nitrogen and oxygen atoms in total. The van der Waals surface area contributed by atoms with Crippen LogP contribution in [0, 0.1) is 13.8 Å². The molecule has 0 unspecified atom stereocenters. The van der Waals surface area contributed by atoms with E-state index in [1.807, 2.05) is 19.9 Å². The Hall–Kier alpha value is -1.66. The van der Waals surface area contributed by atoms with E-state index in [0.29, 0.717) is 0 Å². The number of rotatable bonds is 10. The van der Waals surface area contributed by atoms with E-state index in [2.05, 4.69) is 5.16 Å². The van der Waals surface area contributed by atoms with Gasteiger partial charge in [0.25, 0.3) is 10.1 Å². The zero-order chi connectivity index (χ0) is 17.4. The highest BCUT2D eigenvalue weighted by Crippen LogP contribution is 2.14. The molecule has 0 fully saturated rings. The van der Waals surface area contributed by atoms with Crippen molar-refractivity contribution >= 4 is 10.1 Å². The van der Waals surface area contributed by atoms with Gasteiger partial charge < -0.3 is 4.52 Å². The van der Waals surface area contributed by atoms with Crippen molar-refractivity contribution in [2.24, 2.45) is 0 Å². The molecule has 0 aliphatic heterocycles. The van der Waals surface area contributed by atoms with Gasteiger partial charge in [-0.2, -0.15) is 8.42 Å². The van der Waals surface area contributed by atoms with E-state index < -0.39 is 10.1 Å². The third-order valence-electron chi connectivity index (χ3n) is 3.79. The maximum absolute atomic E-state index is 12.0. The van der Waals surface area contributed by atoms with Gasteiger partial charge >= 0.3 is 0 Å². The van der Waals surface area contributed by atoms with Crippen LogP contribution in [0.2, 0.25) is 0 Å². The molecule has 1 heterocycles. The summed E-state index contributed by atoms with van der Waals surface area (Å²) >= 11 is 0. The lowest BCUT2D eigenvalue weighted by Crippen LogP contribution is -2.07. The Morgan fingerprint density at radius 3 is 2.33 bits per heavy atom. The second kappa shape index (κ2) is 8.99. The average Bonchev–Trinajstić information content (AvgIpc) is 2.96. The Kier molecular flexibility index (Phi) is 6.99. The Morgan fingerprint density at radius 2 is 1.67 bits per heavy atom. The van der Waals surface area contributed by atoms with Crippen LogP contribution in [0.15, 0.2) is 39.8 Å². The summed E-state index contributed by atoms with van der Waals surface area (Å²) in [5, 5.41) is 3.86. The molecule has 132 valence electrons. The maximum atomic E-state index is 12.0. The van der Waals surface area contributed by atoms with Gasteiger partial charge in [0.2, 0.25) is 0 Å². The number of aromatic nitrogens is 1. The SMILES string of the molecule is Cc1ccc(S(=O)(=O)OCCCCCCCc2cc(C)no2)cc1. The molecule has 0 atom stereocenters. The van der Waals surface area contributed by atoms with Crippen molar-refractivity contribution in [2.75, 3.05) is 6.61 Å². The number of benzene rings is 1. The van der Waals surface area contributed by atoms with Crippen LogP contribution in [-0.2, 0) is 20.7 Å². The van der Waals surface area contributed by atoms with Crippen LogP contribution >= 0.6 is 0 Å². The fourth-order valence-electron chi connectivity index (χ4n) is 2.41. The lowest BCUT2D eigenvalue weighted by atomic mass is 10.1. The fraction of sp³-hybridized carbons (Fsp3) is 0.500. The quantitative estimate of drug-likeness (QED) is 0.474. The van der Waals surface area contributed by atoms with Crippen LogP contribution in [0.1, 0.15) is 49.1 Å². The minimum Gasteiger partial charge on any atom is -0.361 e. The van der Waals surface area contributed by atoms with Gasteiger partial charge in [0, 0.05) is 12.5 Å². The molecule has 0 aliphatic rings. The van der Waals surface area contributed by atoms with Crippen LogP contribution in [-0.4, -0.2) is 20.2 Å². The lowest BCUT2D eigenvalue weighted by Gasteiger charge is -2.06. The predicted octanol–water partition coefficient (Wildman–Crippen LogP) is 4.19. The summed E-state index contributed by atoms with van der Waals surface area (Å²) in [6.45, 7) is 4.07. The Bertz CT molecular complexity index is 720. The van der Waals surface area contributed by atoms with E-state index in [9.17, 15) is 8.42 Å². The van der Waals surface area contributed by atoms with Crippen molar-refractivity contribution in [3.05, 3.63) is 47.3 Å². The van der Waals surface area contributed by atoms with Crippen LogP contribution in [0.3, 0.4) is 0 Å². The van der Waals surface area contributed by atoms with E-state index in [4.69, 9.17) is 8.71 Å². The summed E-state index contributed by atoms with van der Waals surface area (Å²) in [5.41, 5.74) is 1.94. The molecule has 0 bridgehead atoms. The number of nitrogens with zero attached hydrogens (tertiary/aromatic N) is 1. The molecule has 0 amide bonds. The normalized spacial score (nSPS) is 11.8. The van der Waals surface area contributed by atoms with E-state index >= 15 is 0 Å². The van der Waals surface area contributed by atoms with E-state index in [1.54, 1.807) is 24.3 Å². The molecule has 0 N–H and O–H groups in total. The Balaban J connectivity index is 1.56. The summed E-state index contributed by atoms with van der Waals surface area (Å²) in [7, 11) is -3.63. The van der Waals surface area contributed by atoms with Crippen molar-refractivity contribution in [1.82, 2.24) is 5.16 Å². The van der Waals surface area contributed by atoms with Gasteiger partial charge in [0.15, 0.2) is 0 Å². The van der Waals surface area contributed by atoms with Gasteiger partial charge in [-0.15, -0.1) is 0 Å². The molecular weight excluding hydrogens is 326 g/mol. The van der Waals surface area contributed by atoms with Gasteiger partial charge in [-0.05, 0) is 38.8 Å². The Morgan fingerprint density at radius 1 is 1.00 bits per heavy atom. The third kappa shape index (κ3) is 6.09. The topological polar surface area (TPSA) is 69.4 Å². The first kappa shape index (κ1) is 18.7. The Labute approximate surface area is 144 Å². The van der Waals surface area contributed by atoms with Crippen molar-refractivity contribution in [2.45, 2.75) is 57.3 Å². The van der Waals surface area contributed by atoms with Gasteiger partial charge in [0.05, 0.1) is 17.2 Å². The first-order valence-electron chi connectivity index (χ1n) is 8.36. The van der Waals surface area contributed by atoms with Crippen molar-refractivity contribution < 1.29 is 17.1 Å². The van der Waals surface area contributed by atoms with Gasteiger partial charge in [-0.1, -0.05) is 42.1 Å². The predicted molar refractivity (Wildman–Crippen MR) is 92.3 cm³/mol. The summed E-state index contributed by atoms with van der Waals surface area (Å²) in [6.07, 6.45) is 5.80. The first-order valence-corrected chi connectivity index (χ1v) is 9.76. The summed E-state index contributed by atoms with van der Waals surface area (Å²) in [4.78, 5) is 0.218. The zero-order valence-electron chi connectivity index (χ0n) is 14.3. The minimum atomic E-state index is -3.63. The van der Waals surface area contributed by atoms with Crippen LogP contribution < -0.4 is 0 Å². The summed E-state index contributed by atoms with van der Waals surface area (Å²) < 4.78 is 34.2. The van der Waals surface area contributed by atoms with E-state index in [0.717, 1.165) is 55.5 Å². The fourth-order valence-corrected chi connectivity index (χ4v) is 3.35. The van der Waals surface area contributed by atoms with Crippen LogP contribution in [0.5, 0.6) is 0 Å². The second-order valence-corrected chi connectivity index (χ2v) is 7.66. The highest BCUT2D eigenvalue weighted by Gasteiger charge is 2.14. The highest BCUT2D eigenvalue weighted by molar-refractivity contribution is 7.86. The molecule has 2 rings (SSSR count). The molecule has 1 aromatic carbocycles.